The monoisotopic (exact) mass is 422 g/mol. The second-order valence-corrected chi connectivity index (χ2v) is 8.32. The van der Waals surface area contributed by atoms with Crippen LogP contribution in [0, 0.1) is 6.92 Å². The molecule has 1 saturated carbocycles. The summed E-state index contributed by atoms with van der Waals surface area (Å²) in [5.41, 5.74) is 0.691. The van der Waals surface area contributed by atoms with Crippen LogP contribution in [0.5, 0.6) is 0 Å². The number of halogens is 1. The molecule has 2 aliphatic heterocycles. The number of amides is 2. The Morgan fingerprint density at radius 3 is 2.38 bits per heavy atom. The fraction of sp³-hybridized carbons (Fsp3) is 0.667. The summed E-state index contributed by atoms with van der Waals surface area (Å²) in [5.74, 6) is -0.288. The van der Waals surface area contributed by atoms with Gasteiger partial charge in [-0.3, -0.25) is 14.4 Å². The van der Waals surface area contributed by atoms with Gasteiger partial charge in [-0.1, -0.05) is 12.8 Å². The van der Waals surface area contributed by atoms with Crippen LogP contribution in [0.25, 0.3) is 0 Å². The number of rotatable bonds is 3. The molecular formula is C21H31ClN4O3. The van der Waals surface area contributed by atoms with E-state index in [1.54, 1.807) is 16.4 Å². The normalized spacial score (nSPS) is 21.3. The Morgan fingerprint density at radius 1 is 1.03 bits per heavy atom. The van der Waals surface area contributed by atoms with Gasteiger partial charge in [-0.05, 0) is 57.3 Å². The minimum absolute atomic E-state index is 0. The SMILES string of the molecule is Cc1ccn(C2CCNCC2)c(=O)c1C(=O)N1CCN(C2CCCC2)C(=O)C1.Cl. The molecule has 3 aliphatic rings. The van der Waals surface area contributed by atoms with E-state index >= 15 is 0 Å². The predicted molar refractivity (Wildman–Crippen MR) is 114 cm³/mol. The van der Waals surface area contributed by atoms with E-state index in [2.05, 4.69) is 5.32 Å². The number of carbonyl (C=O) groups is 2. The van der Waals surface area contributed by atoms with Gasteiger partial charge in [0.2, 0.25) is 5.91 Å². The molecular weight excluding hydrogens is 392 g/mol. The highest BCUT2D eigenvalue weighted by atomic mass is 35.5. The summed E-state index contributed by atoms with van der Waals surface area (Å²) in [6.07, 6.45) is 8.07. The van der Waals surface area contributed by atoms with Gasteiger partial charge in [-0.25, -0.2) is 0 Å². The van der Waals surface area contributed by atoms with E-state index in [0.717, 1.165) is 38.8 Å². The molecule has 1 N–H and O–H groups in total. The summed E-state index contributed by atoms with van der Waals surface area (Å²) >= 11 is 0. The topological polar surface area (TPSA) is 74.7 Å². The lowest BCUT2D eigenvalue weighted by Crippen LogP contribution is -2.55. The lowest BCUT2D eigenvalue weighted by Gasteiger charge is -2.38. The molecule has 29 heavy (non-hydrogen) atoms. The number of hydrogen-bond acceptors (Lipinski definition) is 4. The number of nitrogens with one attached hydrogen (secondary N) is 1. The molecule has 0 spiro atoms. The number of aryl methyl sites for hydroxylation is 1. The number of hydrogen-bond donors (Lipinski definition) is 1. The third kappa shape index (κ3) is 4.36. The summed E-state index contributed by atoms with van der Waals surface area (Å²) < 4.78 is 1.72. The molecule has 0 atom stereocenters. The second-order valence-electron chi connectivity index (χ2n) is 8.32. The Morgan fingerprint density at radius 2 is 1.72 bits per heavy atom. The smallest absolute Gasteiger partial charge is 0.263 e. The quantitative estimate of drug-likeness (QED) is 0.805. The molecule has 0 bridgehead atoms. The first-order chi connectivity index (χ1) is 13.6. The van der Waals surface area contributed by atoms with Gasteiger partial charge in [0.1, 0.15) is 12.1 Å². The molecule has 0 radical (unpaired) electrons. The Kier molecular flexibility index (Phi) is 7.01. The summed E-state index contributed by atoms with van der Waals surface area (Å²) in [7, 11) is 0. The molecule has 3 heterocycles. The van der Waals surface area contributed by atoms with Crippen LogP contribution < -0.4 is 10.9 Å². The average Bonchev–Trinajstić information content (AvgIpc) is 3.23. The highest BCUT2D eigenvalue weighted by Gasteiger charge is 2.34. The van der Waals surface area contributed by atoms with Crippen molar-refractivity contribution in [1.29, 1.82) is 0 Å². The van der Waals surface area contributed by atoms with Crippen molar-refractivity contribution >= 4 is 24.2 Å². The number of piperazine rings is 1. The number of piperidine rings is 1. The molecule has 4 rings (SSSR count). The standard InChI is InChI=1S/C21H30N4O3.ClH/c1-15-8-11-25(17-6-9-22-10-7-17)21(28)19(15)20(27)23-12-13-24(18(26)14-23)16-4-2-3-5-16;/h8,11,16-17,22H,2-7,9-10,12-14H2,1H3;1H. The molecule has 1 aromatic rings. The lowest BCUT2D eigenvalue weighted by atomic mass is 10.0. The zero-order valence-electron chi connectivity index (χ0n) is 17.1. The van der Waals surface area contributed by atoms with Crippen molar-refractivity contribution in [2.75, 3.05) is 32.7 Å². The maximum absolute atomic E-state index is 13.2. The molecule has 2 amide bonds. The zero-order chi connectivity index (χ0) is 19.7. The Hall–Kier alpha value is -1.86. The highest BCUT2D eigenvalue weighted by Crippen LogP contribution is 2.25. The molecule has 1 aliphatic carbocycles. The number of nitrogens with zero attached hydrogens (tertiary/aromatic N) is 3. The fourth-order valence-electron chi connectivity index (χ4n) is 4.89. The van der Waals surface area contributed by atoms with Gasteiger partial charge < -0.3 is 19.7 Å². The van der Waals surface area contributed by atoms with Crippen molar-refractivity contribution in [2.45, 2.75) is 57.5 Å². The minimum atomic E-state index is -0.301. The number of pyridine rings is 1. The average molecular weight is 423 g/mol. The summed E-state index contributed by atoms with van der Waals surface area (Å²) in [4.78, 5) is 42.5. The highest BCUT2D eigenvalue weighted by molar-refractivity contribution is 5.98. The molecule has 0 unspecified atom stereocenters. The fourth-order valence-corrected chi connectivity index (χ4v) is 4.89. The Labute approximate surface area is 177 Å². The van der Waals surface area contributed by atoms with Crippen molar-refractivity contribution in [3.05, 3.63) is 33.7 Å². The van der Waals surface area contributed by atoms with E-state index in [9.17, 15) is 14.4 Å². The van der Waals surface area contributed by atoms with Gasteiger partial charge in [-0.15, -0.1) is 12.4 Å². The molecule has 0 aromatic carbocycles. The van der Waals surface area contributed by atoms with Crippen LogP contribution in [0.15, 0.2) is 17.1 Å². The van der Waals surface area contributed by atoms with Crippen molar-refractivity contribution in [3.8, 4) is 0 Å². The van der Waals surface area contributed by atoms with Crippen LogP contribution in [-0.2, 0) is 4.79 Å². The van der Waals surface area contributed by atoms with Gasteiger partial charge in [0.25, 0.3) is 11.5 Å². The van der Waals surface area contributed by atoms with Gasteiger partial charge in [0, 0.05) is 31.4 Å². The second kappa shape index (κ2) is 9.30. The Balaban J connectivity index is 0.00000240. The van der Waals surface area contributed by atoms with E-state index in [1.165, 1.54) is 12.8 Å². The maximum Gasteiger partial charge on any atom is 0.263 e. The Bertz CT molecular complexity index is 813. The van der Waals surface area contributed by atoms with Crippen LogP contribution in [-0.4, -0.2) is 64.9 Å². The third-order valence-corrected chi connectivity index (χ3v) is 6.55. The molecule has 3 fully saturated rings. The molecule has 160 valence electrons. The van der Waals surface area contributed by atoms with Crippen LogP contribution in [0.4, 0.5) is 0 Å². The van der Waals surface area contributed by atoms with Crippen molar-refractivity contribution in [2.24, 2.45) is 0 Å². The third-order valence-electron chi connectivity index (χ3n) is 6.55. The largest absolute Gasteiger partial charge is 0.336 e. The minimum Gasteiger partial charge on any atom is -0.336 e. The van der Waals surface area contributed by atoms with Crippen molar-refractivity contribution < 1.29 is 9.59 Å². The first-order valence-corrected chi connectivity index (χ1v) is 10.6. The number of carbonyl (C=O) groups excluding carboxylic acids is 2. The van der Waals surface area contributed by atoms with E-state index < -0.39 is 0 Å². The zero-order valence-corrected chi connectivity index (χ0v) is 17.9. The molecule has 8 heteroatoms. The van der Waals surface area contributed by atoms with Gasteiger partial charge in [-0.2, -0.15) is 0 Å². The van der Waals surface area contributed by atoms with Gasteiger partial charge in [0.05, 0.1) is 0 Å². The van der Waals surface area contributed by atoms with Crippen LogP contribution in [0.1, 0.15) is 60.5 Å². The summed E-state index contributed by atoms with van der Waals surface area (Å²) in [5, 5.41) is 3.30. The van der Waals surface area contributed by atoms with Crippen molar-refractivity contribution in [3.63, 3.8) is 0 Å². The van der Waals surface area contributed by atoms with E-state index in [-0.39, 0.29) is 47.9 Å². The first-order valence-electron chi connectivity index (χ1n) is 10.6. The van der Waals surface area contributed by atoms with E-state index in [4.69, 9.17) is 0 Å². The van der Waals surface area contributed by atoms with E-state index in [1.807, 2.05) is 17.2 Å². The first kappa shape index (κ1) is 21.8. The summed E-state index contributed by atoms with van der Waals surface area (Å²) in [6, 6.07) is 2.31. The van der Waals surface area contributed by atoms with Gasteiger partial charge >= 0.3 is 0 Å². The number of aromatic nitrogens is 1. The summed E-state index contributed by atoms with van der Waals surface area (Å²) in [6.45, 7) is 4.72. The molecule has 1 aromatic heterocycles. The predicted octanol–water partition coefficient (Wildman–Crippen LogP) is 1.73. The molecule has 2 saturated heterocycles. The molecule has 7 nitrogen and oxygen atoms in total. The van der Waals surface area contributed by atoms with E-state index in [0.29, 0.717) is 24.7 Å². The lowest BCUT2D eigenvalue weighted by molar-refractivity contribution is -0.137. The maximum atomic E-state index is 13.2. The van der Waals surface area contributed by atoms with Crippen LogP contribution >= 0.6 is 12.4 Å². The van der Waals surface area contributed by atoms with Gasteiger partial charge in [0.15, 0.2) is 0 Å². The van der Waals surface area contributed by atoms with Crippen molar-refractivity contribution in [1.82, 2.24) is 19.7 Å². The van der Waals surface area contributed by atoms with Crippen LogP contribution in [0.3, 0.4) is 0 Å². The van der Waals surface area contributed by atoms with Crippen LogP contribution in [0.2, 0.25) is 0 Å².